The Hall–Kier alpha value is -2.30. The molecule has 1 aliphatic carbocycles. The Morgan fingerprint density at radius 2 is 2.23 bits per heavy atom. The number of nitrogens with zero attached hydrogens (tertiary/aromatic N) is 3. The van der Waals surface area contributed by atoms with Gasteiger partial charge in [0, 0.05) is 19.7 Å². The maximum Gasteiger partial charge on any atom is 0.323 e. The van der Waals surface area contributed by atoms with Crippen molar-refractivity contribution in [3.8, 4) is 0 Å². The Labute approximate surface area is 130 Å². The van der Waals surface area contributed by atoms with Gasteiger partial charge in [-0.25, -0.2) is 4.79 Å². The number of hydrogen-bond donors (Lipinski definition) is 1. The van der Waals surface area contributed by atoms with Gasteiger partial charge < -0.3 is 4.90 Å². The zero-order valence-corrected chi connectivity index (χ0v) is 13.1. The van der Waals surface area contributed by atoms with Crippen molar-refractivity contribution in [1.29, 1.82) is 0 Å². The highest BCUT2D eigenvalue weighted by Crippen LogP contribution is 2.35. The number of amides is 2. The van der Waals surface area contributed by atoms with Crippen LogP contribution in [0.25, 0.3) is 0 Å². The number of rotatable bonds is 4. The van der Waals surface area contributed by atoms with Crippen LogP contribution in [0.3, 0.4) is 0 Å². The van der Waals surface area contributed by atoms with E-state index in [9.17, 15) is 4.79 Å². The van der Waals surface area contributed by atoms with Crippen molar-refractivity contribution in [1.82, 2.24) is 14.7 Å². The maximum atomic E-state index is 12.7. The number of carbonyl (C=O) groups is 1. The van der Waals surface area contributed by atoms with E-state index in [1.165, 1.54) is 11.1 Å². The summed E-state index contributed by atoms with van der Waals surface area (Å²) in [4.78, 5) is 14.7. The molecule has 2 aromatic rings. The summed E-state index contributed by atoms with van der Waals surface area (Å²) in [6.45, 7) is 2.86. The summed E-state index contributed by atoms with van der Waals surface area (Å²) in [6.07, 6.45) is 4.67. The van der Waals surface area contributed by atoms with E-state index in [1.54, 1.807) is 10.9 Å². The van der Waals surface area contributed by atoms with Crippen LogP contribution in [0.15, 0.2) is 36.5 Å². The van der Waals surface area contributed by atoms with Gasteiger partial charge in [-0.15, -0.1) is 0 Å². The van der Waals surface area contributed by atoms with Crippen LogP contribution in [0.2, 0.25) is 0 Å². The smallest absolute Gasteiger partial charge is 0.317 e. The summed E-state index contributed by atoms with van der Waals surface area (Å²) in [5.74, 6) is 0.720. The number of hydrogen-bond acceptors (Lipinski definition) is 2. The first kappa shape index (κ1) is 14.6. The second-order valence-electron chi connectivity index (χ2n) is 5.72. The molecule has 1 aromatic heterocycles. The fraction of sp³-hybridized carbons (Fsp3) is 0.412. The SMILES string of the molecule is CCCN(C(=O)Nc1ccnn1C)C1CCc2ccccc21. The molecule has 0 bridgehead atoms. The van der Waals surface area contributed by atoms with Crippen molar-refractivity contribution in [2.75, 3.05) is 11.9 Å². The van der Waals surface area contributed by atoms with E-state index in [0.717, 1.165) is 31.6 Å². The van der Waals surface area contributed by atoms with Crippen LogP contribution in [-0.4, -0.2) is 27.3 Å². The highest BCUT2D eigenvalue weighted by Gasteiger charge is 2.30. The normalized spacial score (nSPS) is 16.4. The van der Waals surface area contributed by atoms with Gasteiger partial charge in [0.15, 0.2) is 0 Å². The quantitative estimate of drug-likeness (QED) is 0.941. The second kappa shape index (κ2) is 6.22. The van der Waals surface area contributed by atoms with Crippen LogP contribution >= 0.6 is 0 Å². The monoisotopic (exact) mass is 298 g/mol. The average molecular weight is 298 g/mol. The van der Waals surface area contributed by atoms with Gasteiger partial charge in [0.25, 0.3) is 0 Å². The minimum Gasteiger partial charge on any atom is -0.317 e. The molecule has 5 nitrogen and oxygen atoms in total. The summed E-state index contributed by atoms with van der Waals surface area (Å²) in [6, 6.07) is 10.4. The molecular formula is C17H22N4O. The number of anilines is 1. The Morgan fingerprint density at radius 3 is 2.95 bits per heavy atom. The van der Waals surface area contributed by atoms with E-state index in [1.807, 2.05) is 18.0 Å². The fourth-order valence-corrected chi connectivity index (χ4v) is 3.18. The molecule has 0 spiro atoms. The third kappa shape index (κ3) is 2.71. The Morgan fingerprint density at radius 1 is 1.41 bits per heavy atom. The Balaban J connectivity index is 1.81. The van der Waals surface area contributed by atoms with Gasteiger partial charge in [-0.3, -0.25) is 10.00 Å². The van der Waals surface area contributed by atoms with Crippen LogP contribution < -0.4 is 5.32 Å². The third-order valence-electron chi connectivity index (χ3n) is 4.26. The van der Waals surface area contributed by atoms with Gasteiger partial charge in [-0.05, 0) is 30.4 Å². The standard InChI is InChI=1S/C17H22N4O/c1-3-12-21(17(22)19-16-10-11-18-20(16)2)15-9-8-13-6-4-5-7-14(13)15/h4-7,10-11,15H,3,8-9,12H2,1-2H3,(H,19,22). The number of nitrogens with one attached hydrogen (secondary N) is 1. The van der Waals surface area contributed by atoms with Crippen LogP contribution in [0.1, 0.15) is 36.9 Å². The largest absolute Gasteiger partial charge is 0.323 e. The molecular weight excluding hydrogens is 276 g/mol. The second-order valence-corrected chi connectivity index (χ2v) is 5.72. The molecule has 0 radical (unpaired) electrons. The van der Waals surface area contributed by atoms with Gasteiger partial charge in [0.05, 0.1) is 12.2 Å². The summed E-state index contributed by atoms with van der Waals surface area (Å²) >= 11 is 0. The molecule has 1 unspecified atom stereocenters. The summed E-state index contributed by atoms with van der Waals surface area (Å²) in [5, 5.41) is 7.06. The van der Waals surface area contributed by atoms with Gasteiger partial charge in [-0.1, -0.05) is 31.2 Å². The van der Waals surface area contributed by atoms with Gasteiger partial charge in [0.2, 0.25) is 0 Å². The molecule has 0 saturated carbocycles. The topological polar surface area (TPSA) is 50.2 Å². The lowest BCUT2D eigenvalue weighted by Crippen LogP contribution is -2.38. The minimum absolute atomic E-state index is 0.0489. The van der Waals surface area contributed by atoms with Crippen molar-refractivity contribution >= 4 is 11.8 Å². The minimum atomic E-state index is -0.0489. The number of aryl methyl sites for hydroxylation is 2. The van der Waals surface area contributed by atoms with Crippen molar-refractivity contribution in [2.45, 2.75) is 32.2 Å². The van der Waals surface area contributed by atoms with Gasteiger partial charge in [0.1, 0.15) is 5.82 Å². The number of benzene rings is 1. The summed E-state index contributed by atoms with van der Waals surface area (Å²) in [7, 11) is 1.82. The lowest BCUT2D eigenvalue weighted by atomic mass is 10.1. The van der Waals surface area contributed by atoms with Crippen molar-refractivity contribution in [2.24, 2.45) is 7.05 Å². The van der Waals surface area contributed by atoms with Crippen molar-refractivity contribution in [3.05, 3.63) is 47.7 Å². The number of carbonyl (C=O) groups excluding carboxylic acids is 1. The molecule has 1 N–H and O–H groups in total. The molecule has 1 aromatic carbocycles. The van der Waals surface area contributed by atoms with Gasteiger partial charge in [-0.2, -0.15) is 5.10 Å². The number of urea groups is 1. The molecule has 1 heterocycles. The number of aromatic nitrogens is 2. The first-order chi connectivity index (χ1) is 10.7. The molecule has 22 heavy (non-hydrogen) atoms. The average Bonchev–Trinajstić information content (AvgIpc) is 3.12. The lowest BCUT2D eigenvalue weighted by Gasteiger charge is -2.29. The van der Waals surface area contributed by atoms with Crippen LogP contribution in [0.5, 0.6) is 0 Å². The Bertz CT molecular complexity index is 664. The first-order valence-corrected chi connectivity index (χ1v) is 7.84. The third-order valence-corrected chi connectivity index (χ3v) is 4.26. The van der Waals surface area contributed by atoms with Crippen LogP contribution in [0, 0.1) is 0 Å². The first-order valence-electron chi connectivity index (χ1n) is 7.84. The summed E-state index contributed by atoms with van der Waals surface area (Å²) < 4.78 is 1.67. The molecule has 0 fully saturated rings. The van der Waals surface area contributed by atoms with E-state index in [2.05, 4.69) is 41.6 Å². The highest BCUT2D eigenvalue weighted by atomic mass is 16.2. The molecule has 3 rings (SSSR count). The van der Waals surface area contributed by atoms with E-state index in [-0.39, 0.29) is 12.1 Å². The molecule has 5 heteroatoms. The van der Waals surface area contributed by atoms with E-state index in [4.69, 9.17) is 0 Å². The van der Waals surface area contributed by atoms with Crippen molar-refractivity contribution < 1.29 is 4.79 Å². The van der Waals surface area contributed by atoms with Crippen LogP contribution in [0.4, 0.5) is 10.6 Å². The van der Waals surface area contributed by atoms with Crippen LogP contribution in [-0.2, 0) is 13.5 Å². The van der Waals surface area contributed by atoms with Gasteiger partial charge >= 0.3 is 6.03 Å². The Kier molecular flexibility index (Phi) is 4.13. The molecule has 116 valence electrons. The van der Waals surface area contributed by atoms with Crippen molar-refractivity contribution in [3.63, 3.8) is 0 Å². The van der Waals surface area contributed by atoms with E-state index >= 15 is 0 Å². The van der Waals surface area contributed by atoms with E-state index < -0.39 is 0 Å². The maximum absolute atomic E-state index is 12.7. The molecule has 1 aliphatic rings. The predicted octanol–water partition coefficient (Wildman–Crippen LogP) is 3.35. The zero-order chi connectivity index (χ0) is 15.5. The zero-order valence-electron chi connectivity index (χ0n) is 13.1. The lowest BCUT2D eigenvalue weighted by molar-refractivity contribution is 0.187. The molecule has 1 atom stereocenters. The van der Waals surface area contributed by atoms with E-state index in [0.29, 0.717) is 0 Å². The molecule has 0 aliphatic heterocycles. The summed E-state index contributed by atoms with van der Waals surface area (Å²) in [5.41, 5.74) is 2.65. The molecule has 2 amide bonds. The molecule has 0 saturated heterocycles. The number of fused-ring (bicyclic) bond motifs is 1. The predicted molar refractivity (Wildman–Crippen MR) is 86.7 cm³/mol. The fourth-order valence-electron chi connectivity index (χ4n) is 3.18. The highest BCUT2D eigenvalue weighted by molar-refractivity contribution is 5.88.